The second-order valence-corrected chi connectivity index (χ2v) is 11.3. The van der Waals surface area contributed by atoms with Crippen LogP contribution in [0.1, 0.15) is 22.3 Å². The minimum Gasteiger partial charge on any atom is -0.309 e. The zero-order chi connectivity index (χ0) is 29.9. The molecular formula is C40H26N4. The van der Waals surface area contributed by atoms with E-state index in [0.717, 1.165) is 55.3 Å². The standard InChI is InChI=1S/C40H26N4/c1-25-10-7-18-35-39(25)30-14-3-5-16-33(30)43(35)37-22-32(28-13-9-12-27(20-28)23-41)38(21-29(37)24-42)44-34-17-6-4-15-31(34)40-26(2)11-8-19-36(40)44/h3-22H,1-2H3. The van der Waals surface area contributed by atoms with Crippen molar-refractivity contribution in [1.29, 1.82) is 10.5 Å². The van der Waals surface area contributed by atoms with Crippen LogP contribution in [0.15, 0.2) is 121 Å². The molecule has 206 valence electrons. The molecule has 0 spiro atoms. The first-order valence-electron chi connectivity index (χ1n) is 14.7. The molecule has 2 heterocycles. The van der Waals surface area contributed by atoms with Crippen LogP contribution in [0.2, 0.25) is 0 Å². The van der Waals surface area contributed by atoms with Crippen molar-refractivity contribution >= 4 is 43.6 Å². The minimum absolute atomic E-state index is 0.572. The average Bonchev–Trinajstić information content (AvgIpc) is 3.58. The molecule has 0 saturated carbocycles. The molecule has 6 aromatic carbocycles. The third kappa shape index (κ3) is 3.62. The Labute approximate surface area is 254 Å². The number of rotatable bonds is 3. The lowest BCUT2D eigenvalue weighted by molar-refractivity contribution is 1.13. The smallest absolute Gasteiger partial charge is 0.101 e. The van der Waals surface area contributed by atoms with Crippen molar-refractivity contribution in [2.75, 3.05) is 0 Å². The average molecular weight is 563 g/mol. The largest absolute Gasteiger partial charge is 0.309 e. The summed E-state index contributed by atoms with van der Waals surface area (Å²) in [5.74, 6) is 0. The summed E-state index contributed by atoms with van der Waals surface area (Å²) in [5, 5.41) is 25.3. The van der Waals surface area contributed by atoms with Crippen LogP contribution in [0.5, 0.6) is 0 Å². The van der Waals surface area contributed by atoms with Crippen LogP contribution in [0, 0.1) is 36.5 Å². The van der Waals surface area contributed by atoms with Gasteiger partial charge in [0.05, 0.1) is 50.6 Å². The molecule has 4 nitrogen and oxygen atoms in total. The van der Waals surface area contributed by atoms with E-state index in [9.17, 15) is 10.5 Å². The monoisotopic (exact) mass is 562 g/mol. The van der Waals surface area contributed by atoms with E-state index in [1.54, 1.807) is 0 Å². The summed E-state index contributed by atoms with van der Waals surface area (Å²) in [4.78, 5) is 0. The van der Waals surface area contributed by atoms with Crippen molar-refractivity contribution in [3.63, 3.8) is 0 Å². The number of hydrogen-bond acceptors (Lipinski definition) is 2. The zero-order valence-corrected chi connectivity index (χ0v) is 24.3. The summed E-state index contributed by atoms with van der Waals surface area (Å²) in [6.07, 6.45) is 0. The number of nitriles is 2. The number of fused-ring (bicyclic) bond motifs is 6. The molecule has 0 aliphatic rings. The number of aromatic nitrogens is 2. The molecule has 44 heavy (non-hydrogen) atoms. The fourth-order valence-electron chi connectivity index (χ4n) is 6.94. The maximum Gasteiger partial charge on any atom is 0.101 e. The fraction of sp³-hybridized carbons (Fsp3) is 0.0500. The van der Waals surface area contributed by atoms with E-state index in [2.05, 4.69) is 120 Å². The lowest BCUT2D eigenvalue weighted by atomic mass is 9.98. The van der Waals surface area contributed by atoms with Crippen molar-refractivity contribution in [2.24, 2.45) is 0 Å². The Morgan fingerprint density at radius 1 is 0.500 bits per heavy atom. The van der Waals surface area contributed by atoms with E-state index in [4.69, 9.17) is 0 Å². The molecule has 4 heteroatoms. The molecule has 0 unspecified atom stereocenters. The fourth-order valence-corrected chi connectivity index (χ4v) is 6.94. The number of aryl methyl sites for hydroxylation is 2. The van der Waals surface area contributed by atoms with Crippen molar-refractivity contribution in [3.8, 4) is 34.6 Å². The maximum atomic E-state index is 10.7. The van der Waals surface area contributed by atoms with Crippen molar-refractivity contribution < 1.29 is 0 Å². The quantitative estimate of drug-likeness (QED) is 0.215. The van der Waals surface area contributed by atoms with Crippen molar-refractivity contribution in [3.05, 3.63) is 144 Å². The normalized spacial score (nSPS) is 11.4. The van der Waals surface area contributed by atoms with Gasteiger partial charge in [0.15, 0.2) is 0 Å². The summed E-state index contributed by atoms with van der Waals surface area (Å²) >= 11 is 0. The first kappa shape index (κ1) is 25.6. The van der Waals surface area contributed by atoms with Gasteiger partial charge in [0.1, 0.15) is 6.07 Å². The molecule has 2 aromatic heterocycles. The number of para-hydroxylation sites is 2. The van der Waals surface area contributed by atoms with E-state index in [-0.39, 0.29) is 0 Å². The van der Waals surface area contributed by atoms with Crippen molar-refractivity contribution in [1.82, 2.24) is 9.13 Å². The molecule has 0 aliphatic carbocycles. The summed E-state index contributed by atoms with van der Waals surface area (Å²) in [6, 6.07) is 46.3. The molecule has 0 radical (unpaired) electrons. The molecule has 0 atom stereocenters. The molecule has 0 saturated heterocycles. The van der Waals surface area contributed by atoms with Crippen LogP contribution in [-0.2, 0) is 0 Å². The second-order valence-electron chi connectivity index (χ2n) is 11.3. The molecule has 0 bridgehead atoms. The SMILES string of the molecule is Cc1cccc2c1c1ccccc1n2-c1cc(-c2cccc(C#N)c2)c(-n2c3ccccc3c3c(C)cccc32)cc1C#N. The highest BCUT2D eigenvalue weighted by molar-refractivity contribution is 6.12. The highest BCUT2D eigenvalue weighted by atomic mass is 15.0. The maximum absolute atomic E-state index is 10.7. The van der Waals surface area contributed by atoms with Gasteiger partial charge < -0.3 is 9.13 Å². The number of benzene rings is 6. The molecule has 0 aliphatic heterocycles. The van der Waals surface area contributed by atoms with Gasteiger partial charge in [-0.05, 0) is 79.1 Å². The minimum atomic E-state index is 0.572. The highest BCUT2D eigenvalue weighted by Gasteiger charge is 2.22. The Morgan fingerprint density at radius 2 is 1.05 bits per heavy atom. The molecule has 8 rings (SSSR count). The topological polar surface area (TPSA) is 57.4 Å². The lowest BCUT2D eigenvalue weighted by Crippen LogP contribution is -2.04. The van der Waals surface area contributed by atoms with Crippen LogP contribution in [-0.4, -0.2) is 9.13 Å². The van der Waals surface area contributed by atoms with E-state index >= 15 is 0 Å². The Morgan fingerprint density at radius 3 is 1.64 bits per heavy atom. The Hall–Kier alpha value is -6.10. The van der Waals surface area contributed by atoms with Gasteiger partial charge in [-0.2, -0.15) is 10.5 Å². The van der Waals surface area contributed by atoms with Gasteiger partial charge in [0.25, 0.3) is 0 Å². The van der Waals surface area contributed by atoms with Gasteiger partial charge in [-0.15, -0.1) is 0 Å². The predicted molar refractivity (Wildman–Crippen MR) is 179 cm³/mol. The highest BCUT2D eigenvalue weighted by Crippen LogP contribution is 2.41. The zero-order valence-electron chi connectivity index (χ0n) is 24.3. The van der Waals surface area contributed by atoms with Crippen LogP contribution in [0.4, 0.5) is 0 Å². The summed E-state index contributed by atoms with van der Waals surface area (Å²) in [6.45, 7) is 4.28. The summed E-state index contributed by atoms with van der Waals surface area (Å²) in [5.41, 5.74) is 11.4. The van der Waals surface area contributed by atoms with E-state index in [1.807, 2.05) is 36.4 Å². The third-order valence-corrected chi connectivity index (χ3v) is 8.83. The second kappa shape index (κ2) is 9.73. The van der Waals surface area contributed by atoms with Gasteiger partial charge in [0, 0.05) is 27.1 Å². The van der Waals surface area contributed by atoms with Gasteiger partial charge in [-0.1, -0.05) is 72.8 Å². The first-order chi connectivity index (χ1) is 21.6. The Balaban J connectivity index is 1.55. The predicted octanol–water partition coefficient (Wildman–Crippen LogP) is 9.91. The first-order valence-corrected chi connectivity index (χ1v) is 14.7. The van der Waals surface area contributed by atoms with E-state index in [0.29, 0.717) is 11.1 Å². The number of nitrogens with zero attached hydrogens (tertiary/aromatic N) is 4. The van der Waals surface area contributed by atoms with Crippen LogP contribution >= 0.6 is 0 Å². The van der Waals surface area contributed by atoms with Gasteiger partial charge >= 0.3 is 0 Å². The molecule has 0 amide bonds. The summed E-state index contributed by atoms with van der Waals surface area (Å²) < 4.78 is 4.49. The van der Waals surface area contributed by atoms with Crippen LogP contribution in [0.25, 0.3) is 66.1 Å². The molecular weight excluding hydrogens is 536 g/mol. The lowest BCUT2D eigenvalue weighted by Gasteiger charge is -2.19. The van der Waals surface area contributed by atoms with E-state index < -0.39 is 0 Å². The van der Waals surface area contributed by atoms with Crippen molar-refractivity contribution in [2.45, 2.75) is 13.8 Å². The van der Waals surface area contributed by atoms with Crippen LogP contribution < -0.4 is 0 Å². The Bertz CT molecular complexity index is 2550. The molecule has 0 fully saturated rings. The van der Waals surface area contributed by atoms with E-state index in [1.165, 1.54) is 21.9 Å². The van der Waals surface area contributed by atoms with Crippen LogP contribution in [0.3, 0.4) is 0 Å². The van der Waals surface area contributed by atoms with Gasteiger partial charge in [-0.25, -0.2) is 0 Å². The molecule has 0 N–H and O–H groups in total. The van der Waals surface area contributed by atoms with Gasteiger partial charge in [-0.3, -0.25) is 0 Å². The molecule has 8 aromatic rings. The Kier molecular flexibility index (Phi) is 5.66. The number of hydrogen-bond donors (Lipinski definition) is 0. The van der Waals surface area contributed by atoms with Gasteiger partial charge in [0.2, 0.25) is 0 Å². The third-order valence-electron chi connectivity index (χ3n) is 8.83. The summed E-state index contributed by atoms with van der Waals surface area (Å²) in [7, 11) is 0.